The minimum absolute atomic E-state index is 0.0165. The highest BCUT2D eigenvalue weighted by atomic mass is 32.2. The summed E-state index contributed by atoms with van der Waals surface area (Å²) in [5.74, 6) is 0.629. The van der Waals surface area contributed by atoms with Gasteiger partial charge in [-0.3, -0.25) is 9.69 Å². The zero-order valence-corrected chi connectivity index (χ0v) is 19.6. The molecule has 174 valence electrons. The van der Waals surface area contributed by atoms with Crippen LogP contribution in [0.3, 0.4) is 0 Å². The molecular weight excluding hydrogens is 416 g/mol. The van der Waals surface area contributed by atoms with E-state index in [4.69, 9.17) is 4.74 Å². The normalized spacial score (nSPS) is 20.7. The Labute approximate surface area is 186 Å². The van der Waals surface area contributed by atoms with Crippen LogP contribution in [0.25, 0.3) is 0 Å². The standard InChI is InChI=1S/C22H36N4O4S/c1-19-5-3-4-13-24(19)17-18-26(14-10-22(27)25-15-11-23-12-16-25)31(28,29)21-8-6-20(30-2)7-9-21/h6-9,19,23H,3-5,10-18H2,1-2H3. The number of amides is 1. The van der Waals surface area contributed by atoms with Gasteiger partial charge in [0.15, 0.2) is 0 Å². The van der Waals surface area contributed by atoms with Gasteiger partial charge in [-0.25, -0.2) is 8.42 Å². The fourth-order valence-corrected chi connectivity index (χ4v) is 5.70. The van der Waals surface area contributed by atoms with Crippen molar-refractivity contribution in [2.75, 3.05) is 59.5 Å². The third kappa shape index (κ3) is 6.41. The van der Waals surface area contributed by atoms with Crippen molar-refractivity contribution in [2.24, 2.45) is 0 Å². The van der Waals surface area contributed by atoms with Gasteiger partial charge in [0.1, 0.15) is 5.75 Å². The lowest BCUT2D eigenvalue weighted by molar-refractivity contribution is -0.131. The third-order valence-electron chi connectivity index (χ3n) is 6.32. The third-order valence-corrected chi connectivity index (χ3v) is 8.23. The van der Waals surface area contributed by atoms with Crippen LogP contribution in [0.1, 0.15) is 32.6 Å². The molecule has 1 N–H and O–H groups in total. The van der Waals surface area contributed by atoms with Gasteiger partial charge in [0.2, 0.25) is 15.9 Å². The highest BCUT2D eigenvalue weighted by molar-refractivity contribution is 7.89. The number of hydrogen-bond donors (Lipinski definition) is 1. The van der Waals surface area contributed by atoms with Crippen LogP contribution in [0, 0.1) is 0 Å². The molecule has 2 aliphatic heterocycles. The molecule has 31 heavy (non-hydrogen) atoms. The maximum absolute atomic E-state index is 13.4. The molecule has 0 radical (unpaired) electrons. The highest BCUT2D eigenvalue weighted by Gasteiger charge is 2.28. The molecule has 0 aliphatic carbocycles. The van der Waals surface area contributed by atoms with Gasteiger partial charge >= 0.3 is 0 Å². The fourth-order valence-electron chi connectivity index (χ4n) is 4.27. The second-order valence-corrected chi connectivity index (χ2v) is 10.3. The van der Waals surface area contributed by atoms with Crippen LogP contribution >= 0.6 is 0 Å². The fraction of sp³-hybridized carbons (Fsp3) is 0.682. The van der Waals surface area contributed by atoms with Crippen molar-refractivity contribution in [1.29, 1.82) is 0 Å². The van der Waals surface area contributed by atoms with E-state index in [1.165, 1.54) is 10.7 Å². The van der Waals surface area contributed by atoms with Crippen LogP contribution in [0.2, 0.25) is 0 Å². The molecule has 2 aliphatic rings. The zero-order chi connectivity index (χ0) is 22.3. The van der Waals surface area contributed by atoms with E-state index in [2.05, 4.69) is 17.1 Å². The lowest BCUT2D eigenvalue weighted by Crippen LogP contribution is -2.48. The molecule has 1 amide bonds. The number of benzene rings is 1. The number of nitrogens with zero attached hydrogens (tertiary/aromatic N) is 3. The molecule has 2 fully saturated rings. The molecule has 9 heteroatoms. The Morgan fingerprint density at radius 3 is 2.48 bits per heavy atom. The second-order valence-electron chi connectivity index (χ2n) is 8.34. The molecule has 1 aromatic rings. The lowest BCUT2D eigenvalue weighted by atomic mass is 10.0. The van der Waals surface area contributed by atoms with Crippen LogP contribution in [0.15, 0.2) is 29.2 Å². The maximum atomic E-state index is 13.4. The van der Waals surface area contributed by atoms with E-state index in [1.54, 1.807) is 31.4 Å². The van der Waals surface area contributed by atoms with Crippen LogP contribution in [0.4, 0.5) is 0 Å². The summed E-state index contributed by atoms with van der Waals surface area (Å²) < 4.78 is 33.5. The Bertz CT molecular complexity index is 809. The van der Waals surface area contributed by atoms with E-state index < -0.39 is 10.0 Å². The number of likely N-dealkylation sites (tertiary alicyclic amines) is 1. The van der Waals surface area contributed by atoms with E-state index >= 15 is 0 Å². The van der Waals surface area contributed by atoms with Gasteiger partial charge in [0.25, 0.3) is 0 Å². The maximum Gasteiger partial charge on any atom is 0.243 e. The number of ether oxygens (including phenoxy) is 1. The van der Waals surface area contributed by atoms with Crippen LogP contribution in [-0.2, 0) is 14.8 Å². The number of methoxy groups -OCH3 is 1. The average molecular weight is 453 g/mol. The first-order chi connectivity index (χ1) is 14.9. The van der Waals surface area contributed by atoms with Crippen molar-refractivity contribution >= 4 is 15.9 Å². The van der Waals surface area contributed by atoms with E-state index in [0.717, 1.165) is 32.5 Å². The zero-order valence-electron chi connectivity index (χ0n) is 18.8. The second kappa shape index (κ2) is 11.3. The molecule has 0 spiro atoms. The predicted octanol–water partition coefficient (Wildman–Crippen LogP) is 1.38. The molecule has 2 heterocycles. The Morgan fingerprint density at radius 2 is 1.84 bits per heavy atom. The van der Waals surface area contributed by atoms with E-state index in [1.807, 2.05) is 4.90 Å². The summed E-state index contributed by atoms with van der Waals surface area (Å²) in [5.41, 5.74) is 0. The van der Waals surface area contributed by atoms with Crippen molar-refractivity contribution in [3.63, 3.8) is 0 Å². The Balaban J connectivity index is 1.70. The molecule has 0 saturated carbocycles. The SMILES string of the molecule is COc1ccc(S(=O)(=O)N(CCC(=O)N2CCNCC2)CCN2CCCCC2C)cc1. The van der Waals surface area contributed by atoms with Crippen molar-refractivity contribution in [2.45, 2.75) is 43.5 Å². The molecule has 3 rings (SSSR count). The van der Waals surface area contributed by atoms with Crippen molar-refractivity contribution in [1.82, 2.24) is 19.4 Å². The smallest absolute Gasteiger partial charge is 0.243 e. The quantitative estimate of drug-likeness (QED) is 0.610. The van der Waals surface area contributed by atoms with Crippen LogP contribution in [-0.4, -0.2) is 93.9 Å². The summed E-state index contributed by atoms with van der Waals surface area (Å²) >= 11 is 0. The minimum atomic E-state index is -3.70. The topological polar surface area (TPSA) is 82.2 Å². The number of nitrogens with one attached hydrogen (secondary N) is 1. The van der Waals surface area contributed by atoms with E-state index in [-0.39, 0.29) is 23.8 Å². The van der Waals surface area contributed by atoms with Crippen LogP contribution in [0.5, 0.6) is 5.75 Å². The first-order valence-electron chi connectivity index (χ1n) is 11.3. The number of hydrogen-bond acceptors (Lipinski definition) is 6. The summed E-state index contributed by atoms with van der Waals surface area (Å²) in [4.78, 5) is 17.1. The summed E-state index contributed by atoms with van der Waals surface area (Å²) in [7, 11) is -2.15. The van der Waals surface area contributed by atoms with Crippen molar-refractivity contribution < 1.29 is 17.9 Å². The number of sulfonamides is 1. The van der Waals surface area contributed by atoms with Gasteiger partial charge in [0.05, 0.1) is 12.0 Å². The number of piperazine rings is 1. The summed E-state index contributed by atoms with van der Waals surface area (Å²) in [6.45, 7) is 7.38. The molecule has 1 aromatic carbocycles. The lowest BCUT2D eigenvalue weighted by Gasteiger charge is -2.35. The number of rotatable bonds is 9. The van der Waals surface area contributed by atoms with Gasteiger partial charge in [-0.15, -0.1) is 0 Å². The Kier molecular flexibility index (Phi) is 8.71. The monoisotopic (exact) mass is 452 g/mol. The average Bonchev–Trinajstić information content (AvgIpc) is 2.80. The van der Waals surface area contributed by atoms with Gasteiger partial charge in [-0.2, -0.15) is 4.31 Å². The molecule has 1 unspecified atom stereocenters. The summed E-state index contributed by atoms with van der Waals surface area (Å²) in [6, 6.07) is 6.92. The largest absolute Gasteiger partial charge is 0.497 e. The first kappa shape index (κ1) is 24.0. The van der Waals surface area contributed by atoms with Gasteiger partial charge in [-0.05, 0) is 50.6 Å². The summed E-state index contributed by atoms with van der Waals surface area (Å²) in [5, 5.41) is 3.23. The molecule has 0 bridgehead atoms. The van der Waals surface area contributed by atoms with Crippen LogP contribution < -0.4 is 10.1 Å². The predicted molar refractivity (Wildman–Crippen MR) is 121 cm³/mol. The highest BCUT2D eigenvalue weighted by Crippen LogP contribution is 2.21. The Morgan fingerprint density at radius 1 is 1.13 bits per heavy atom. The van der Waals surface area contributed by atoms with E-state index in [0.29, 0.717) is 38.0 Å². The van der Waals surface area contributed by atoms with Gasteiger partial charge in [0, 0.05) is 58.3 Å². The van der Waals surface area contributed by atoms with Crippen molar-refractivity contribution in [3.05, 3.63) is 24.3 Å². The molecule has 1 atom stereocenters. The molecule has 8 nitrogen and oxygen atoms in total. The Hall–Kier alpha value is -1.68. The molecule has 0 aromatic heterocycles. The van der Waals surface area contributed by atoms with E-state index in [9.17, 15) is 13.2 Å². The molecule has 2 saturated heterocycles. The molecular formula is C22H36N4O4S. The van der Waals surface area contributed by atoms with Gasteiger partial charge < -0.3 is 15.0 Å². The first-order valence-corrected chi connectivity index (χ1v) is 12.7. The van der Waals surface area contributed by atoms with Gasteiger partial charge in [-0.1, -0.05) is 6.42 Å². The minimum Gasteiger partial charge on any atom is -0.497 e. The number of piperidine rings is 1. The van der Waals surface area contributed by atoms with Crippen molar-refractivity contribution in [3.8, 4) is 5.75 Å². The number of carbonyl (C=O) groups is 1. The summed E-state index contributed by atoms with van der Waals surface area (Å²) in [6.07, 6.45) is 3.72. The number of carbonyl (C=O) groups excluding carboxylic acids is 1.